The number of halogens is 3. The Morgan fingerprint density at radius 1 is 0.432 bits per heavy atom. The number of anilines is 2. The molecular formula is C33H27Cl3FeN7. The van der Waals surface area contributed by atoms with Gasteiger partial charge in [-0.25, -0.2) is 15.0 Å². The Labute approximate surface area is 284 Å². The normalized spacial score (nSPS) is 10.2. The first-order valence-electron chi connectivity index (χ1n) is 13.3. The third kappa shape index (κ3) is 7.02. The summed E-state index contributed by atoms with van der Waals surface area (Å²) < 4.78 is 4.35. The molecule has 7 rings (SSSR count). The Balaban J connectivity index is 0.00000132. The molecule has 44 heavy (non-hydrogen) atoms. The van der Waals surface area contributed by atoms with E-state index in [0.29, 0.717) is 13.3 Å². The number of fused-ring (bicyclic) bond motifs is 2. The Kier molecular flexibility index (Phi) is 12.2. The van der Waals surface area contributed by atoms with Crippen molar-refractivity contribution in [1.29, 1.82) is 0 Å². The van der Waals surface area contributed by atoms with Gasteiger partial charge in [-0.2, -0.15) is 0 Å². The van der Waals surface area contributed by atoms with Crippen LogP contribution in [0.2, 0.25) is 0 Å². The van der Waals surface area contributed by atoms with Crippen molar-refractivity contribution in [3.05, 3.63) is 127 Å². The summed E-state index contributed by atoms with van der Waals surface area (Å²) in [5.74, 6) is 1.60. The molecule has 0 saturated heterocycles. The molecule has 0 aliphatic carbocycles. The second kappa shape index (κ2) is 15.6. The first-order valence-corrected chi connectivity index (χ1v) is 13.3. The molecular weight excluding hydrogens is 657 g/mol. The van der Waals surface area contributed by atoms with Gasteiger partial charge in [0.1, 0.15) is 11.4 Å². The smallest absolute Gasteiger partial charge is 1.00 e. The number of pyridine rings is 1. The SMILES string of the molecule is [Cl-].[Cl-].[Cl-].[Fe+3].c1ccc(NCn2c(-c3cccc(-c4nc5ccccc5n4CNc4ccccc4)n3)nc3ccccc32)cc1. The van der Waals surface area contributed by atoms with Crippen LogP contribution in [0.5, 0.6) is 0 Å². The molecule has 3 aromatic heterocycles. The van der Waals surface area contributed by atoms with Gasteiger partial charge in [0.25, 0.3) is 0 Å². The van der Waals surface area contributed by atoms with Gasteiger partial charge in [0.2, 0.25) is 0 Å². The summed E-state index contributed by atoms with van der Waals surface area (Å²) in [5.41, 5.74) is 7.63. The van der Waals surface area contributed by atoms with Crippen molar-refractivity contribution in [1.82, 2.24) is 24.1 Å². The fourth-order valence-electron chi connectivity index (χ4n) is 5.00. The van der Waals surface area contributed by atoms with E-state index in [1.165, 1.54) is 0 Å². The molecule has 2 N–H and O–H groups in total. The van der Waals surface area contributed by atoms with E-state index in [0.717, 1.165) is 56.5 Å². The van der Waals surface area contributed by atoms with E-state index in [4.69, 9.17) is 15.0 Å². The summed E-state index contributed by atoms with van der Waals surface area (Å²) in [6, 6.07) is 42.8. The first kappa shape index (κ1) is 34.4. The van der Waals surface area contributed by atoms with Crippen LogP contribution < -0.4 is 47.9 Å². The first-order chi connectivity index (χ1) is 19.8. The quantitative estimate of drug-likeness (QED) is 0.187. The molecule has 7 aromatic rings. The Morgan fingerprint density at radius 2 is 0.818 bits per heavy atom. The van der Waals surface area contributed by atoms with Gasteiger partial charge in [0, 0.05) is 11.4 Å². The van der Waals surface area contributed by atoms with E-state index in [2.05, 4.69) is 56.2 Å². The zero-order valence-electron chi connectivity index (χ0n) is 23.3. The van der Waals surface area contributed by atoms with Gasteiger partial charge < -0.3 is 57.0 Å². The largest absolute Gasteiger partial charge is 3.00 e. The molecule has 7 nitrogen and oxygen atoms in total. The van der Waals surface area contributed by atoms with Gasteiger partial charge >= 0.3 is 17.1 Å². The fourth-order valence-corrected chi connectivity index (χ4v) is 5.00. The van der Waals surface area contributed by atoms with E-state index in [9.17, 15) is 0 Å². The number of benzene rings is 4. The molecule has 0 amide bonds. The van der Waals surface area contributed by atoms with Crippen LogP contribution in [-0.4, -0.2) is 24.1 Å². The van der Waals surface area contributed by atoms with Crippen molar-refractivity contribution in [3.8, 4) is 23.0 Å². The van der Waals surface area contributed by atoms with Gasteiger partial charge in [-0.05, 0) is 60.7 Å². The predicted octanol–water partition coefficient (Wildman–Crippen LogP) is -1.74. The minimum atomic E-state index is 0. The van der Waals surface area contributed by atoms with Gasteiger partial charge in [0.15, 0.2) is 11.6 Å². The maximum atomic E-state index is 5.11. The molecule has 0 atom stereocenters. The maximum Gasteiger partial charge on any atom is 3.00 e. The van der Waals surface area contributed by atoms with Crippen LogP contribution in [0.1, 0.15) is 0 Å². The second-order valence-corrected chi connectivity index (χ2v) is 9.51. The molecule has 0 fully saturated rings. The third-order valence-corrected chi connectivity index (χ3v) is 6.95. The van der Waals surface area contributed by atoms with E-state index in [-0.39, 0.29) is 54.3 Å². The number of hydrogen-bond donors (Lipinski definition) is 2. The molecule has 0 aliphatic rings. The van der Waals surface area contributed by atoms with E-state index < -0.39 is 0 Å². The minimum absolute atomic E-state index is 0. The summed E-state index contributed by atoms with van der Waals surface area (Å²) in [7, 11) is 0. The van der Waals surface area contributed by atoms with Crippen LogP contribution >= 0.6 is 0 Å². The fraction of sp³-hybridized carbons (Fsp3) is 0.0606. The predicted molar refractivity (Wildman–Crippen MR) is 162 cm³/mol. The summed E-state index contributed by atoms with van der Waals surface area (Å²) >= 11 is 0. The van der Waals surface area contributed by atoms with E-state index >= 15 is 0 Å². The Bertz CT molecular complexity index is 1790. The van der Waals surface area contributed by atoms with E-state index in [1.807, 2.05) is 91.0 Å². The molecule has 3 heterocycles. The average molecular weight is 684 g/mol. The zero-order valence-corrected chi connectivity index (χ0v) is 26.6. The van der Waals surface area contributed by atoms with Crippen molar-refractivity contribution in [2.45, 2.75) is 13.3 Å². The number of rotatable bonds is 8. The topological polar surface area (TPSA) is 72.6 Å². The third-order valence-electron chi connectivity index (χ3n) is 6.95. The summed E-state index contributed by atoms with van der Waals surface area (Å²) in [5, 5.41) is 7.05. The van der Waals surface area contributed by atoms with Crippen LogP contribution in [0, 0.1) is 0 Å². The number of aromatic nitrogens is 5. The zero-order chi connectivity index (χ0) is 26.7. The molecule has 0 bridgehead atoms. The maximum absolute atomic E-state index is 5.11. The average Bonchev–Trinajstić information content (AvgIpc) is 3.59. The van der Waals surface area contributed by atoms with Crippen LogP contribution in [0.3, 0.4) is 0 Å². The molecule has 4 aromatic carbocycles. The summed E-state index contributed by atoms with van der Waals surface area (Å²) in [6.07, 6.45) is 0. The Morgan fingerprint density at radius 3 is 1.25 bits per heavy atom. The summed E-state index contributed by atoms with van der Waals surface area (Å²) in [6.45, 7) is 1.12. The van der Waals surface area contributed by atoms with Gasteiger partial charge in [-0.1, -0.05) is 66.7 Å². The molecule has 223 valence electrons. The molecule has 0 saturated carbocycles. The minimum Gasteiger partial charge on any atom is -1.00 e. The number of para-hydroxylation sites is 6. The van der Waals surface area contributed by atoms with Crippen molar-refractivity contribution in [2.75, 3.05) is 10.6 Å². The number of imidazole rings is 2. The van der Waals surface area contributed by atoms with Crippen molar-refractivity contribution in [3.63, 3.8) is 0 Å². The molecule has 0 unspecified atom stereocenters. The van der Waals surface area contributed by atoms with Crippen LogP contribution in [0.25, 0.3) is 45.1 Å². The molecule has 1 radical (unpaired) electrons. The van der Waals surface area contributed by atoms with Gasteiger partial charge in [0.05, 0.1) is 35.4 Å². The van der Waals surface area contributed by atoms with Gasteiger partial charge in [-0.3, -0.25) is 0 Å². The standard InChI is InChI=1S/C33H27N7.3ClH.Fe/c1-3-12-24(13-4-1)34-22-39-30-20-9-7-16-26(30)37-32(39)28-18-11-19-29(36-28)33-38-27-17-8-10-21-31(27)40(33)23-35-25-14-5-2-6-15-25;;;;/h1-21,34-35H,22-23H2;3*1H;/q;;;;+3/p-3. The van der Waals surface area contributed by atoms with Gasteiger partial charge in [-0.15, -0.1) is 0 Å². The monoisotopic (exact) mass is 682 g/mol. The molecule has 0 aliphatic heterocycles. The number of nitrogens with one attached hydrogen (secondary N) is 2. The molecule has 11 heteroatoms. The van der Waals surface area contributed by atoms with E-state index in [1.54, 1.807) is 0 Å². The van der Waals surface area contributed by atoms with Crippen molar-refractivity contribution in [2.24, 2.45) is 0 Å². The Hall–Kier alpha value is -4.04. The van der Waals surface area contributed by atoms with Crippen LogP contribution in [0.4, 0.5) is 11.4 Å². The van der Waals surface area contributed by atoms with Crippen molar-refractivity contribution < 1.29 is 54.3 Å². The van der Waals surface area contributed by atoms with Crippen LogP contribution in [0.15, 0.2) is 127 Å². The number of nitrogens with zero attached hydrogens (tertiary/aromatic N) is 5. The number of hydrogen-bond acceptors (Lipinski definition) is 5. The van der Waals surface area contributed by atoms with Crippen molar-refractivity contribution >= 4 is 33.4 Å². The van der Waals surface area contributed by atoms with Crippen LogP contribution in [-0.2, 0) is 30.4 Å². The summed E-state index contributed by atoms with van der Waals surface area (Å²) in [4.78, 5) is 15.1. The second-order valence-electron chi connectivity index (χ2n) is 9.51. The molecule has 0 spiro atoms.